The number of allylic oxidation sites excluding steroid dienone is 2. The molecule has 0 amide bonds. The summed E-state index contributed by atoms with van der Waals surface area (Å²) in [6, 6.07) is 9.79. The van der Waals surface area contributed by atoms with Crippen molar-refractivity contribution < 1.29 is 4.74 Å². The Hall–Kier alpha value is -0.840. The van der Waals surface area contributed by atoms with Gasteiger partial charge < -0.3 is 10.1 Å². The minimum absolute atomic E-state index is 0.121. The molecule has 0 unspecified atom stereocenters. The highest BCUT2D eigenvalue weighted by molar-refractivity contribution is 14.1. The van der Waals surface area contributed by atoms with E-state index >= 15 is 0 Å². The lowest BCUT2D eigenvalue weighted by atomic mass is 9.79. The van der Waals surface area contributed by atoms with Gasteiger partial charge in [0, 0.05) is 12.1 Å². The van der Waals surface area contributed by atoms with Crippen molar-refractivity contribution in [2.75, 3.05) is 0 Å². The molecule has 90 valence electrons. The first-order valence-corrected chi connectivity index (χ1v) is 6.75. The quantitative estimate of drug-likeness (QED) is 0.787. The lowest BCUT2D eigenvalue weighted by Gasteiger charge is -2.31. The fourth-order valence-electron chi connectivity index (χ4n) is 2.01. The van der Waals surface area contributed by atoms with Gasteiger partial charge in [-0.3, -0.25) is 0 Å². The Morgan fingerprint density at radius 1 is 1.18 bits per heavy atom. The van der Waals surface area contributed by atoms with Crippen molar-refractivity contribution in [2.45, 2.75) is 26.7 Å². The second-order valence-electron chi connectivity index (χ2n) is 5.15. The molecule has 2 rings (SSSR count). The van der Waals surface area contributed by atoms with Crippen molar-refractivity contribution in [1.29, 1.82) is 5.41 Å². The number of benzene rings is 1. The van der Waals surface area contributed by atoms with Crippen molar-refractivity contribution in [3.63, 3.8) is 0 Å². The van der Waals surface area contributed by atoms with Gasteiger partial charge in [-0.2, -0.15) is 0 Å². The first-order chi connectivity index (χ1) is 7.98. The average molecular weight is 341 g/mol. The predicted octanol–water partition coefficient (Wildman–Crippen LogP) is 4.55. The van der Waals surface area contributed by atoms with E-state index in [0.29, 0.717) is 5.71 Å². The molecule has 2 nitrogen and oxygen atoms in total. The van der Waals surface area contributed by atoms with Crippen LogP contribution in [0.1, 0.15) is 26.7 Å². The molecule has 0 aromatic heterocycles. The van der Waals surface area contributed by atoms with Crippen LogP contribution in [0.5, 0.6) is 5.75 Å². The van der Waals surface area contributed by atoms with E-state index in [9.17, 15) is 0 Å². The van der Waals surface area contributed by atoms with Gasteiger partial charge in [-0.25, -0.2) is 0 Å². The summed E-state index contributed by atoms with van der Waals surface area (Å²) in [5.74, 6) is 1.78. The van der Waals surface area contributed by atoms with Gasteiger partial charge in [-0.1, -0.05) is 32.0 Å². The van der Waals surface area contributed by atoms with Crippen LogP contribution in [-0.4, -0.2) is 5.71 Å². The topological polar surface area (TPSA) is 33.1 Å². The fraction of sp³-hybridized carbons (Fsp3) is 0.357. The zero-order chi connectivity index (χ0) is 12.5. The Bertz CT molecular complexity index is 462. The summed E-state index contributed by atoms with van der Waals surface area (Å²) in [6.45, 7) is 4.36. The molecule has 0 heterocycles. The van der Waals surface area contributed by atoms with E-state index in [1.807, 2.05) is 30.3 Å². The number of ether oxygens (including phenoxy) is 1. The molecular formula is C14H16INO. The molecule has 0 spiro atoms. The minimum Gasteiger partial charge on any atom is -0.461 e. The molecule has 1 aromatic rings. The van der Waals surface area contributed by atoms with Gasteiger partial charge in [0.05, 0.1) is 3.58 Å². The standard InChI is InChI=1S/C14H16INO/c1-14(2)8-11(16)13(15)12(9-14)17-10-6-4-3-5-7-10/h3-7,16H,8-9H2,1-2H3. The van der Waals surface area contributed by atoms with Crippen LogP contribution < -0.4 is 4.74 Å². The molecule has 0 aliphatic heterocycles. The highest BCUT2D eigenvalue weighted by Gasteiger charge is 2.31. The third-order valence-corrected chi connectivity index (χ3v) is 4.04. The second kappa shape index (κ2) is 4.80. The smallest absolute Gasteiger partial charge is 0.126 e. The predicted molar refractivity (Wildman–Crippen MR) is 78.9 cm³/mol. The number of nitrogens with one attached hydrogen (secondary N) is 1. The summed E-state index contributed by atoms with van der Waals surface area (Å²) < 4.78 is 6.87. The summed E-state index contributed by atoms with van der Waals surface area (Å²) >= 11 is 2.22. The van der Waals surface area contributed by atoms with E-state index in [0.717, 1.165) is 27.9 Å². The maximum Gasteiger partial charge on any atom is 0.126 e. The molecule has 0 saturated heterocycles. The third kappa shape index (κ3) is 3.09. The Labute approximate surface area is 116 Å². The molecule has 1 N–H and O–H groups in total. The summed E-state index contributed by atoms with van der Waals surface area (Å²) in [5, 5.41) is 8.00. The Balaban J connectivity index is 2.25. The van der Waals surface area contributed by atoms with Gasteiger partial charge >= 0.3 is 0 Å². The number of para-hydroxylation sites is 1. The maximum absolute atomic E-state index is 8.00. The Kier molecular flexibility index (Phi) is 3.56. The van der Waals surface area contributed by atoms with Crippen molar-refractivity contribution in [3.05, 3.63) is 39.7 Å². The second-order valence-corrected chi connectivity index (χ2v) is 6.23. The zero-order valence-corrected chi connectivity index (χ0v) is 12.2. The molecule has 0 atom stereocenters. The summed E-state index contributed by atoms with van der Waals surface area (Å²) in [7, 11) is 0. The lowest BCUT2D eigenvalue weighted by Crippen LogP contribution is -2.25. The molecule has 17 heavy (non-hydrogen) atoms. The van der Waals surface area contributed by atoms with Crippen molar-refractivity contribution in [1.82, 2.24) is 0 Å². The molecule has 1 aromatic carbocycles. The van der Waals surface area contributed by atoms with Crippen LogP contribution >= 0.6 is 22.6 Å². The molecule has 0 saturated carbocycles. The van der Waals surface area contributed by atoms with E-state index in [4.69, 9.17) is 10.1 Å². The summed E-state index contributed by atoms with van der Waals surface area (Å²) in [4.78, 5) is 0. The molecule has 0 bridgehead atoms. The first-order valence-electron chi connectivity index (χ1n) is 5.67. The minimum atomic E-state index is 0.121. The lowest BCUT2D eigenvalue weighted by molar-refractivity contribution is 0.293. The normalized spacial score (nSPS) is 19.4. The van der Waals surface area contributed by atoms with E-state index in [2.05, 4.69) is 36.4 Å². The summed E-state index contributed by atoms with van der Waals surface area (Å²) in [6.07, 6.45) is 1.72. The zero-order valence-electron chi connectivity index (χ0n) is 10.1. The largest absolute Gasteiger partial charge is 0.461 e. The van der Waals surface area contributed by atoms with Gasteiger partial charge in [0.25, 0.3) is 0 Å². The molecule has 1 aliphatic rings. The summed E-state index contributed by atoms with van der Waals surface area (Å²) in [5.41, 5.74) is 0.809. The highest BCUT2D eigenvalue weighted by atomic mass is 127. The van der Waals surface area contributed by atoms with Crippen LogP contribution in [0.3, 0.4) is 0 Å². The van der Waals surface area contributed by atoms with Crippen LogP contribution in [0.25, 0.3) is 0 Å². The monoisotopic (exact) mass is 341 g/mol. The number of rotatable bonds is 2. The number of hydrogen-bond acceptors (Lipinski definition) is 2. The molecular weight excluding hydrogens is 325 g/mol. The van der Waals surface area contributed by atoms with Crippen molar-refractivity contribution in [2.24, 2.45) is 5.41 Å². The van der Waals surface area contributed by atoms with Gasteiger partial charge in [0.1, 0.15) is 11.5 Å². The molecule has 3 heteroatoms. The van der Waals surface area contributed by atoms with Crippen LogP contribution in [0.2, 0.25) is 0 Å². The SMILES string of the molecule is CC1(C)CC(=N)C(I)=C(Oc2ccccc2)C1. The van der Waals surface area contributed by atoms with E-state index in [1.54, 1.807) is 0 Å². The fourth-order valence-corrected chi connectivity index (χ4v) is 2.50. The van der Waals surface area contributed by atoms with Crippen LogP contribution in [0.4, 0.5) is 0 Å². The van der Waals surface area contributed by atoms with Gasteiger partial charge in [0.2, 0.25) is 0 Å². The van der Waals surface area contributed by atoms with Crippen molar-refractivity contribution in [3.8, 4) is 5.75 Å². The van der Waals surface area contributed by atoms with Gasteiger partial charge in [-0.15, -0.1) is 0 Å². The number of hydrogen-bond donors (Lipinski definition) is 1. The molecule has 0 radical (unpaired) electrons. The third-order valence-electron chi connectivity index (χ3n) is 2.79. The molecule has 1 aliphatic carbocycles. The number of halogens is 1. The highest BCUT2D eigenvalue weighted by Crippen LogP contribution is 2.39. The van der Waals surface area contributed by atoms with E-state index < -0.39 is 0 Å². The van der Waals surface area contributed by atoms with Crippen molar-refractivity contribution >= 4 is 28.3 Å². The van der Waals surface area contributed by atoms with Crippen LogP contribution in [0, 0.1) is 10.8 Å². The Morgan fingerprint density at radius 3 is 2.47 bits per heavy atom. The first kappa shape index (κ1) is 12.6. The van der Waals surface area contributed by atoms with E-state index in [1.165, 1.54) is 0 Å². The molecule has 0 fully saturated rings. The van der Waals surface area contributed by atoms with E-state index in [-0.39, 0.29) is 5.41 Å². The average Bonchev–Trinajstić information content (AvgIpc) is 2.26. The van der Waals surface area contributed by atoms with Gasteiger partial charge in [-0.05, 0) is 46.6 Å². The Morgan fingerprint density at radius 2 is 1.82 bits per heavy atom. The van der Waals surface area contributed by atoms with Gasteiger partial charge in [0.15, 0.2) is 0 Å². The maximum atomic E-state index is 8.00. The van der Waals surface area contributed by atoms with Crippen LogP contribution in [0.15, 0.2) is 39.7 Å². The van der Waals surface area contributed by atoms with Crippen LogP contribution in [-0.2, 0) is 0 Å².